The number of alkyl halides is 3. The fourth-order valence-electron chi connectivity index (χ4n) is 3.22. The van der Waals surface area contributed by atoms with Crippen LogP contribution in [0.1, 0.15) is 29.5 Å². The summed E-state index contributed by atoms with van der Waals surface area (Å²) in [5.41, 5.74) is 0.921. The van der Waals surface area contributed by atoms with Crippen LogP contribution in [0.3, 0.4) is 0 Å². The van der Waals surface area contributed by atoms with Crippen molar-refractivity contribution in [1.29, 1.82) is 0 Å². The summed E-state index contributed by atoms with van der Waals surface area (Å²) in [7, 11) is -1.45. The van der Waals surface area contributed by atoms with Crippen molar-refractivity contribution >= 4 is 22.6 Å². The zero-order valence-corrected chi connectivity index (χ0v) is 18.6. The van der Waals surface area contributed by atoms with Crippen LogP contribution in [-0.4, -0.2) is 21.4 Å². The summed E-state index contributed by atoms with van der Waals surface area (Å²) in [5.74, 6) is -1.80. The van der Waals surface area contributed by atoms with Crippen LogP contribution >= 0.6 is 0 Å². The van der Waals surface area contributed by atoms with Gasteiger partial charge in [0.05, 0.1) is 17.2 Å². The van der Waals surface area contributed by atoms with Crippen LogP contribution < -0.4 is 10.0 Å². The van der Waals surface area contributed by atoms with E-state index in [2.05, 4.69) is 15.0 Å². The summed E-state index contributed by atoms with van der Waals surface area (Å²) in [4.78, 5) is 16.6. The maximum atomic E-state index is 14.2. The van der Waals surface area contributed by atoms with Gasteiger partial charge in [-0.2, -0.15) is 13.2 Å². The van der Waals surface area contributed by atoms with E-state index in [0.29, 0.717) is 22.3 Å². The van der Waals surface area contributed by atoms with Gasteiger partial charge in [0.15, 0.2) is 0 Å². The lowest BCUT2D eigenvalue weighted by Crippen LogP contribution is -2.28. The van der Waals surface area contributed by atoms with Crippen LogP contribution in [-0.2, 0) is 28.5 Å². The maximum absolute atomic E-state index is 14.2. The second-order valence-electron chi connectivity index (χ2n) is 7.35. The van der Waals surface area contributed by atoms with Crippen molar-refractivity contribution in [2.45, 2.75) is 25.6 Å². The van der Waals surface area contributed by atoms with Gasteiger partial charge in [-0.25, -0.2) is 8.60 Å². The topological polar surface area (TPSA) is 71.1 Å². The molecule has 0 bridgehead atoms. The lowest BCUT2D eigenvalue weighted by atomic mass is 9.97. The van der Waals surface area contributed by atoms with Crippen LogP contribution in [0, 0.1) is 5.82 Å². The van der Waals surface area contributed by atoms with Gasteiger partial charge < -0.3 is 10.0 Å². The fourth-order valence-corrected chi connectivity index (χ4v) is 3.70. The smallest absolute Gasteiger partial charge is 0.351 e. The molecule has 1 amide bonds. The van der Waals surface area contributed by atoms with Crippen molar-refractivity contribution in [2.24, 2.45) is 0 Å². The lowest BCUT2D eigenvalue weighted by molar-refractivity contribution is -0.137. The third kappa shape index (κ3) is 6.16. The molecule has 3 aromatic rings. The zero-order chi connectivity index (χ0) is 24.2. The summed E-state index contributed by atoms with van der Waals surface area (Å²) in [5, 5.41) is 2.70. The summed E-state index contributed by atoms with van der Waals surface area (Å²) in [6.45, 7) is 1.56. The van der Waals surface area contributed by atoms with Gasteiger partial charge in [0.25, 0.3) is 0 Å². The Morgan fingerprint density at radius 3 is 2.52 bits per heavy atom. The quantitative estimate of drug-likeness (QED) is 0.467. The molecule has 2 unspecified atom stereocenters. The second-order valence-corrected chi connectivity index (χ2v) is 8.46. The van der Waals surface area contributed by atoms with E-state index in [0.717, 1.165) is 12.1 Å². The first-order chi connectivity index (χ1) is 15.6. The summed E-state index contributed by atoms with van der Waals surface area (Å²) in [6.07, 6.45) is -0.184. The molecule has 0 spiro atoms. The molecule has 10 heteroatoms. The Labute approximate surface area is 190 Å². The molecule has 0 aliphatic heterocycles. The number of benzene rings is 2. The number of aromatic nitrogens is 1. The Morgan fingerprint density at radius 1 is 1.15 bits per heavy atom. The van der Waals surface area contributed by atoms with Crippen molar-refractivity contribution < 1.29 is 26.6 Å². The normalized spacial score (nSPS) is 13.3. The Hall–Kier alpha value is -3.27. The van der Waals surface area contributed by atoms with Gasteiger partial charge in [-0.3, -0.25) is 9.78 Å². The van der Waals surface area contributed by atoms with Gasteiger partial charge >= 0.3 is 6.18 Å². The molecule has 1 aromatic heterocycles. The molecular weight excluding hydrogens is 458 g/mol. The third-order valence-corrected chi connectivity index (χ3v) is 5.51. The highest BCUT2D eigenvalue weighted by Crippen LogP contribution is 2.34. The van der Waals surface area contributed by atoms with E-state index in [1.807, 2.05) is 0 Å². The van der Waals surface area contributed by atoms with Gasteiger partial charge in [0.2, 0.25) is 5.91 Å². The number of nitrogens with zero attached hydrogens (tertiary/aromatic N) is 1. The summed E-state index contributed by atoms with van der Waals surface area (Å²) >= 11 is 0. The van der Waals surface area contributed by atoms with Crippen LogP contribution in [0.2, 0.25) is 0 Å². The van der Waals surface area contributed by atoms with Gasteiger partial charge in [0, 0.05) is 30.8 Å². The molecule has 0 saturated carbocycles. The van der Waals surface area contributed by atoms with E-state index in [-0.39, 0.29) is 12.2 Å². The second kappa shape index (κ2) is 10.1. The van der Waals surface area contributed by atoms with Crippen molar-refractivity contribution in [3.8, 4) is 11.1 Å². The minimum absolute atomic E-state index is 0.0253. The molecule has 3 rings (SSSR count). The molecule has 1 heterocycles. The van der Waals surface area contributed by atoms with Gasteiger partial charge in [-0.1, -0.05) is 18.2 Å². The summed E-state index contributed by atoms with van der Waals surface area (Å²) in [6, 6.07) is 10.7. The minimum atomic E-state index is -4.51. The van der Waals surface area contributed by atoms with E-state index in [1.54, 1.807) is 25.1 Å². The first-order valence-corrected chi connectivity index (χ1v) is 11.4. The van der Waals surface area contributed by atoms with E-state index in [4.69, 9.17) is 0 Å². The first kappa shape index (κ1) is 24.4. The molecule has 174 valence electrons. The molecule has 0 aliphatic carbocycles. The van der Waals surface area contributed by atoms with E-state index >= 15 is 0 Å². The molecule has 5 nitrogen and oxygen atoms in total. The molecule has 0 aliphatic rings. The van der Waals surface area contributed by atoms with Crippen molar-refractivity contribution in [1.82, 2.24) is 10.3 Å². The molecule has 2 N–H and O–H groups in total. The highest BCUT2D eigenvalue weighted by atomic mass is 32.2. The Kier molecular flexibility index (Phi) is 7.47. The van der Waals surface area contributed by atoms with Gasteiger partial charge in [0.1, 0.15) is 16.8 Å². The Bertz CT molecular complexity index is 1170. The van der Waals surface area contributed by atoms with Gasteiger partial charge in [-0.15, -0.1) is 0 Å². The highest BCUT2D eigenvalue weighted by Gasteiger charge is 2.31. The number of hydrogen-bond donors (Lipinski definition) is 2. The van der Waals surface area contributed by atoms with Crippen LogP contribution in [0.25, 0.3) is 11.1 Å². The number of halogens is 4. The van der Waals surface area contributed by atoms with Gasteiger partial charge in [-0.05, 0) is 53.9 Å². The van der Waals surface area contributed by atoms with Crippen LogP contribution in [0.15, 0.2) is 60.9 Å². The predicted octanol–water partition coefficient (Wildman–Crippen LogP) is 5.03. The van der Waals surface area contributed by atoms with E-state index in [9.17, 15) is 26.6 Å². The molecule has 0 fully saturated rings. The third-order valence-electron chi connectivity index (χ3n) is 5.00. The molecule has 2 atom stereocenters. The zero-order valence-electron chi connectivity index (χ0n) is 17.7. The highest BCUT2D eigenvalue weighted by molar-refractivity contribution is 7.85. The Morgan fingerprint density at radius 2 is 1.91 bits per heavy atom. The Balaban J connectivity index is 1.79. The number of carbonyl (C=O) groups excluding carboxylic acids is 1. The predicted molar refractivity (Wildman–Crippen MR) is 119 cm³/mol. The summed E-state index contributed by atoms with van der Waals surface area (Å²) < 4.78 is 67.6. The lowest BCUT2D eigenvalue weighted by Gasteiger charge is -2.17. The first-order valence-electron chi connectivity index (χ1n) is 9.84. The van der Waals surface area contributed by atoms with Crippen LogP contribution in [0.4, 0.5) is 23.2 Å². The number of rotatable bonds is 7. The number of amides is 1. The fraction of sp³-hybridized carbons (Fsp3) is 0.217. The SMILES string of the molecule is CC(C(=O)NCc1ccc(C(F)(F)F)cc1-c1cccnc1)c1ccc(NS(C)=O)c(F)c1. The standard InChI is InChI=1S/C23H21F4N3O2S/c1-14(15-6-8-21(20(24)10-15)30-33(2)32)22(31)29-13-17-5-7-18(23(25,26)27)11-19(17)16-4-3-9-28-12-16/h3-12,14,30H,13H2,1-2H3,(H,29,31). The largest absolute Gasteiger partial charge is 0.416 e. The molecule has 2 aromatic carbocycles. The van der Waals surface area contributed by atoms with E-state index in [1.165, 1.54) is 36.8 Å². The minimum Gasteiger partial charge on any atom is -0.351 e. The van der Waals surface area contributed by atoms with E-state index < -0.39 is 40.4 Å². The monoisotopic (exact) mass is 479 g/mol. The number of hydrogen-bond acceptors (Lipinski definition) is 3. The number of carbonyl (C=O) groups is 1. The number of pyridine rings is 1. The number of nitrogens with one attached hydrogen (secondary N) is 2. The molecule has 0 radical (unpaired) electrons. The molecular formula is C23H21F4N3O2S. The van der Waals surface area contributed by atoms with Crippen molar-refractivity contribution in [3.63, 3.8) is 0 Å². The maximum Gasteiger partial charge on any atom is 0.416 e. The average molecular weight is 479 g/mol. The molecule has 0 saturated heterocycles. The average Bonchev–Trinajstić information content (AvgIpc) is 2.78. The van der Waals surface area contributed by atoms with Crippen molar-refractivity contribution in [2.75, 3.05) is 11.0 Å². The number of anilines is 1. The molecule has 33 heavy (non-hydrogen) atoms. The van der Waals surface area contributed by atoms with Crippen molar-refractivity contribution in [3.05, 3.63) is 83.4 Å². The van der Waals surface area contributed by atoms with Crippen LogP contribution in [0.5, 0.6) is 0 Å².